The van der Waals surface area contributed by atoms with Crippen LogP contribution in [0, 0.1) is 11.8 Å². The maximum Gasteiger partial charge on any atom is 0.242 e. The normalized spacial score (nSPS) is 11.1. The second-order valence-corrected chi connectivity index (χ2v) is 3.03. The molecular formula is C12H14N2O. The van der Waals surface area contributed by atoms with Crippen LogP contribution in [0.25, 0.3) is 0 Å². The van der Waals surface area contributed by atoms with E-state index in [0.29, 0.717) is 6.54 Å². The summed E-state index contributed by atoms with van der Waals surface area (Å²) in [5.41, 5.74) is 6.57. The Morgan fingerprint density at radius 1 is 1.47 bits per heavy atom. The summed E-state index contributed by atoms with van der Waals surface area (Å²) in [5.74, 6) is 5.24. The van der Waals surface area contributed by atoms with Crippen molar-refractivity contribution in [2.45, 2.75) is 13.0 Å². The fourth-order valence-corrected chi connectivity index (χ4v) is 1.14. The monoisotopic (exact) mass is 202 g/mol. The SMILES string of the molecule is CC#CCNC(=O)C(N)c1ccccc1. The van der Waals surface area contributed by atoms with Gasteiger partial charge in [0.15, 0.2) is 0 Å². The molecule has 0 fully saturated rings. The quantitative estimate of drug-likeness (QED) is 0.713. The van der Waals surface area contributed by atoms with Gasteiger partial charge in [0.25, 0.3) is 0 Å². The van der Waals surface area contributed by atoms with E-state index in [0.717, 1.165) is 5.56 Å². The van der Waals surface area contributed by atoms with E-state index in [-0.39, 0.29) is 5.91 Å². The van der Waals surface area contributed by atoms with Crippen LogP contribution >= 0.6 is 0 Å². The molecule has 15 heavy (non-hydrogen) atoms. The molecule has 0 saturated carbocycles. The molecule has 1 rings (SSSR count). The summed E-state index contributed by atoms with van der Waals surface area (Å²) in [5, 5.41) is 2.64. The van der Waals surface area contributed by atoms with Crippen molar-refractivity contribution in [2.75, 3.05) is 6.54 Å². The number of nitrogens with one attached hydrogen (secondary N) is 1. The zero-order valence-electron chi connectivity index (χ0n) is 8.66. The third-order valence-corrected chi connectivity index (χ3v) is 1.97. The number of hydrogen-bond acceptors (Lipinski definition) is 2. The van der Waals surface area contributed by atoms with Crippen LogP contribution in [0.1, 0.15) is 18.5 Å². The zero-order chi connectivity index (χ0) is 11.1. The molecule has 0 aliphatic rings. The number of rotatable bonds is 3. The van der Waals surface area contributed by atoms with Crippen LogP contribution in [0.5, 0.6) is 0 Å². The smallest absolute Gasteiger partial charge is 0.242 e. The van der Waals surface area contributed by atoms with E-state index in [1.807, 2.05) is 30.3 Å². The van der Waals surface area contributed by atoms with E-state index in [1.54, 1.807) is 6.92 Å². The Kier molecular flexibility index (Phi) is 4.39. The Morgan fingerprint density at radius 2 is 2.13 bits per heavy atom. The molecule has 3 nitrogen and oxygen atoms in total. The van der Waals surface area contributed by atoms with Crippen molar-refractivity contribution in [3.8, 4) is 11.8 Å². The van der Waals surface area contributed by atoms with Gasteiger partial charge in [-0.05, 0) is 12.5 Å². The zero-order valence-corrected chi connectivity index (χ0v) is 8.66. The van der Waals surface area contributed by atoms with Gasteiger partial charge >= 0.3 is 0 Å². The molecular weight excluding hydrogens is 188 g/mol. The van der Waals surface area contributed by atoms with Crippen LogP contribution in [-0.2, 0) is 4.79 Å². The van der Waals surface area contributed by atoms with Crippen molar-refractivity contribution in [2.24, 2.45) is 5.73 Å². The summed E-state index contributed by atoms with van der Waals surface area (Å²) < 4.78 is 0. The van der Waals surface area contributed by atoms with Gasteiger partial charge in [-0.1, -0.05) is 36.3 Å². The summed E-state index contributed by atoms with van der Waals surface area (Å²) >= 11 is 0. The fraction of sp³-hybridized carbons (Fsp3) is 0.250. The summed E-state index contributed by atoms with van der Waals surface area (Å²) in [6.07, 6.45) is 0. The first-order chi connectivity index (χ1) is 7.25. The first kappa shape index (κ1) is 11.3. The predicted octanol–water partition coefficient (Wildman–Crippen LogP) is 0.826. The first-order valence-corrected chi connectivity index (χ1v) is 4.73. The van der Waals surface area contributed by atoms with Crippen LogP contribution in [-0.4, -0.2) is 12.5 Å². The van der Waals surface area contributed by atoms with E-state index in [2.05, 4.69) is 17.2 Å². The second-order valence-electron chi connectivity index (χ2n) is 3.03. The molecule has 0 aliphatic heterocycles. The van der Waals surface area contributed by atoms with Gasteiger partial charge in [-0.2, -0.15) is 0 Å². The van der Waals surface area contributed by atoms with Crippen LogP contribution in [0.15, 0.2) is 30.3 Å². The van der Waals surface area contributed by atoms with Gasteiger partial charge < -0.3 is 11.1 Å². The van der Waals surface area contributed by atoms with Gasteiger partial charge in [-0.3, -0.25) is 4.79 Å². The molecule has 0 radical (unpaired) electrons. The van der Waals surface area contributed by atoms with Gasteiger partial charge in [0.2, 0.25) is 5.91 Å². The number of hydrogen-bond donors (Lipinski definition) is 2. The molecule has 0 aliphatic carbocycles. The van der Waals surface area contributed by atoms with Gasteiger partial charge in [-0.25, -0.2) is 0 Å². The molecule has 78 valence electrons. The maximum absolute atomic E-state index is 11.5. The third kappa shape index (κ3) is 3.45. The molecule has 1 atom stereocenters. The molecule has 0 saturated heterocycles. The van der Waals surface area contributed by atoms with Gasteiger partial charge in [0.1, 0.15) is 6.04 Å². The van der Waals surface area contributed by atoms with Crippen molar-refractivity contribution < 1.29 is 4.79 Å². The maximum atomic E-state index is 11.5. The molecule has 0 aromatic heterocycles. The van der Waals surface area contributed by atoms with E-state index in [9.17, 15) is 4.79 Å². The van der Waals surface area contributed by atoms with Crippen molar-refractivity contribution in [3.63, 3.8) is 0 Å². The molecule has 3 heteroatoms. The molecule has 0 spiro atoms. The van der Waals surface area contributed by atoms with Crippen molar-refractivity contribution in [3.05, 3.63) is 35.9 Å². The minimum absolute atomic E-state index is 0.205. The summed E-state index contributed by atoms with van der Waals surface area (Å²) in [7, 11) is 0. The number of carbonyl (C=O) groups excluding carboxylic acids is 1. The Labute approximate surface area is 89.7 Å². The molecule has 1 aromatic rings. The van der Waals surface area contributed by atoms with Gasteiger partial charge in [0, 0.05) is 0 Å². The van der Waals surface area contributed by atoms with Crippen LogP contribution < -0.4 is 11.1 Å². The highest BCUT2D eigenvalue weighted by Crippen LogP contribution is 2.08. The number of carbonyl (C=O) groups is 1. The van der Waals surface area contributed by atoms with Crippen LogP contribution in [0.3, 0.4) is 0 Å². The number of benzene rings is 1. The largest absolute Gasteiger partial charge is 0.344 e. The summed E-state index contributed by atoms with van der Waals surface area (Å²) in [6, 6.07) is 8.63. The Balaban J connectivity index is 2.56. The molecule has 1 unspecified atom stereocenters. The second kappa shape index (κ2) is 5.84. The van der Waals surface area contributed by atoms with E-state index >= 15 is 0 Å². The topological polar surface area (TPSA) is 55.1 Å². The average molecular weight is 202 g/mol. The van der Waals surface area contributed by atoms with Crippen molar-refractivity contribution in [1.82, 2.24) is 5.32 Å². The fourth-order valence-electron chi connectivity index (χ4n) is 1.14. The number of amides is 1. The van der Waals surface area contributed by atoms with E-state index in [1.165, 1.54) is 0 Å². The standard InChI is InChI=1S/C12H14N2O/c1-2-3-9-14-12(15)11(13)10-7-5-4-6-8-10/h4-8,11H,9,13H2,1H3,(H,14,15). The lowest BCUT2D eigenvalue weighted by Gasteiger charge is -2.10. The Morgan fingerprint density at radius 3 is 2.73 bits per heavy atom. The molecule has 1 amide bonds. The highest BCUT2D eigenvalue weighted by atomic mass is 16.2. The lowest BCUT2D eigenvalue weighted by molar-refractivity contribution is -0.122. The van der Waals surface area contributed by atoms with Crippen LogP contribution in [0.4, 0.5) is 0 Å². The van der Waals surface area contributed by atoms with Gasteiger partial charge in [-0.15, -0.1) is 5.92 Å². The van der Waals surface area contributed by atoms with Crippen molar-refractivity contribution >= 4 is 5.91 Å². The van der Waals surface area contributed by atoms with E-state index in [4.69, 9.17) is 5.73 Å². The molecule has 0 bridgehead atoms. The highest BCUT2D eigenvalue weighted by molar-refractivity contribution is 5.83. The minimum atomic E-state index is -0.621. The lowest BCUT2D eigenvalue weighted by atomic mass is 10.1. The van der Waals surface area contributed by atoms with Crippen LogP contribution in [0.2, 0.25) is 0 Å². The summed E-state index contributed by atoms with van der Waals surface area (Å²) in [6.45, 7) is 2.07. The first-order valence-electron chi connectivity index (χ1n) is 4.73. The summed E-state index contributed by atoms with van der Waals surface area (Å²) in [4.78, 5) is 11.5. The number of nitrogens with two attached hydrogens (primary N) is 1. The molecule has 1 aromatic carbocycles. The predicted molar refractivity (Wildman–Crippen MR) is 59.8 cm³/mol. The third-order valence-electron chi connectivity index (χ3n) is 1.97. The van der Waals surface area contributed by atoms with Gasteiger partial charge in [0.05, 0.1) is 6.54 Å². The average Bonchev–Trinajstić information content (AvgIpc) is 2.29. The van der Waals surface area contributed by atoms with E-state index < -0.39 is 6.04 Å². The Bertz CT molecular complexity index is 376. The lowest BCUT2D eigenvalue weighted by Crippen LogP contribution is -2.34. The molecule has 0 heterocycles. The minimum Gasteiger partial charge on any atom is -0.344 e. The van der Waals surface area contributed by atoms with Crippen molar-refractivity contribution in [1.29, 1.82) is 0 Å². The Hall–Kier alpha value is -1.79. The molecule has 3 N–H and O–H groups in total. The highest BCUT2D eigenvalue weighted by Gasteiger charge is 2.13.